The van der Waals surface area contributed by atoms with Gasteiger partial charge in [-0.1, -0.05) is 12.2 Å². The number of aliphatic hydroxyl groups excluding tert-OH is 2. The number of carbonyl (C=O) groups excluding carboxylic acids is 1. The van der Waals surface area contributed by atoms with Crippen LogP contribution in [0.3, 0.4) is 0 Å². The third-order valence-electron chi connectivity index (χ3n) is 5.50. The van der Waals surface area contributed by atoms with Crippen LogP contribution in [0.2, 0.25) is 0 Å². The number of Topliss-reactive ketones (excluding diaryl/α,β-unsaturated/α-hetero) is 1. The van der Waals surface area contributed by atoms with E-state index in [2.05, 4.69) is 0 Å². The molecule has 21 heavy (non-hydrogen) atoms. The minimum Gasteiger partial charge on any atom is -0.396 e. The van der Waals surface area contributed by atoms with Crippen LogP contribution in [0.15, 0.2) is 12.2 Å². The van der Waals surface area contributed by atoms with Crippen molar-refractivity contribution < 1.29 is 25.2 Å². The Hall–Kier alpha value is -0.750. The van der Waals surface area contributed by atoms with Gasteiger partial charge in [0.25, 0.3) is 0 Å². The molecule has 120 valence electrons. The van der Waals surface area contributed by atoms with Crippen LogP contribution in [-0.4, -0.2) is 50.1 Å². The fourth-order valence-corrected chi connectivity index (χ4v) is 4.23. The normalized spacial score (nSPS) is 49.8. The lowest BCUT2D eigenvalue weighted by atomic mass is 9.51. The van der Waals surface area contributed by atoms with Gasteiger partial charge in [0, 0.05) is 25.4 Å². The van der Waals surface area contributed by atoms with Gasteiger partial charge in [0.2, 0.25) is 0 Å². The molecule has 0 heterocycles. The predicted octanol–water partition coefficient (Wildman–Crippen LogP) is 0.403. The first kappa shape index (κ1) is 16.6. The molecule has 2 aliphatic carbocycles. The molecular formula is C16H26O5. The molecule has 0 spiro atoms. The molecule has 2 rings (SSSR count). The molecule has 0 radical (unpaired) electrons. The van der Waals surface area contributed by atoms with E-state index in [1.54, 1.807) is 32.9 Å². The second-order valence-corrected chi connectivity index (χ2v) is 7.27. The molecule has 1 fully saturated rings. The molecule has 5 nitrogen and oxygen atoms in total. The number of hydrogen-bond acceptors (Lipinski definition) is 5. The summed E-state index contributed by atoms with van der Waals surface area (Å²) in [4.78, 5) is 12.6. The van der Waals surface area contributed by atoms with Gasteiger partial charge in [-0.3, -0.25) is 4.79 Å². The Morgan fingerprint density at radius 2 is 1.86 bits per heavy atom. The molecule has 0 aliphatic heterocycles. The molecule has 0 bridgehead atoms. The smallest absolute Gasteiger partial charge is 0.144 e. The van der Waals surface area contributed by atoms with Crippen molar-refractivity contribution in [1.29, 1.82) is 0 Å². The molecule has 0 aromatic carbocycles. The lowest BCUT2D eigenvalue weighted by molar-refractivity contribution is -0.177. The number of fused-ring (bicyclic) bond motifs is 1. The van der Waals surface area contributed by atoms with Gasteiger partial charge in [0.1, 0.15) is 5.78 Å². The van der Waals surface area contributed by atoms with Gasteiger partial charge >= 0.3 is 0 Å². The van der Waals surface area contributed by atoms with Gasteiger partial charge < -0.3 is 20.4 Å². The lowest BCUT2D eigenvalue weighted by Crippen LogP contribution is -2.63. The maximum Gasteiger partial charge on any atom is 0.144 e. The largest absolute Gasteiger partial charge is 0.396 e. The Balaban J connectivity index is 2.47. The van der Waals surface area contributed by atoms with E-state index in [1.807, 2.05) is 0 Å². The van der Waals surface area contributed by atoms with Crippen LogP contribution in [0.25, 0.3) is 0 Å². The van der Waals surface area contributed by atoms with Crippen LogP contribution in [0.1, 0.15) is 40.0 Å². The van der Waals surface area contributed by atoms with E-state index in [-0.39, 0.29) is 31.1 Å². The maximum absolute atomic E-state index is 12.6. The third kappa shape index (κ3) is 2.57. The van der Waals surface area contributed by atoms with Crippen LogP contribution in [0.4, 0.5) is 0 Å². The van der Waals surface area contributed by atoms with Crippen molar-refractivity contribution in [2.24, 2.45) is 17.3 Å². The maximum atomic E-state index is 12.6. The molecule has 0 aromatic rings. The summed E-state index contributed by atoms with van der Waals surface area (Å²) in [5.41, 5.74) is -3.54. The van der Waals surface area contributed by atoms with Crippen LogP contribution in [0.5, 0.6) is 0 Å². The number of rotatable bonds is 3. The van der Waals surface area contributed by atoms with Crippen LogP contribution in [-0.2, 0) is 4.79 Å². The highest BCUT2D eigenvalue weighted by atomic mass is 16.3. The fraction of sp³-hybridized carbons (Fsp3) is 0.812. The minimum atomic E-state index is -1.38. The van der Waals surface area contributed by atoms with E-state index in [1.165, 1.54) is 0 Å². The van der Waals surface area contributed by atoms with Crippen molar-refractivity contribution in [3.63, 3.8) is 0 Å². The molecule has 4 N–H and O–H groups in total. The quantitative estimate of drug-likeness (QED) is 0.566. The van der Waals surface area contributed by atoms with Crippen LogP contribution >= 0.6 is 0 Å². The van der Waals surface area contributed by atoms with E-state index >= 15 is 0 Å². The molecule has 6 atom stereocenters. The van der Waals surface area contributed by atoms with Crippen LogP contribution < -0.4 is 0 Å². The number of allylic oxidation sites excluding steroid dienone is 1. The fourth-order valence-electron chi connectivity index (χ4n) is 4.23. The zero-order valence-electron chi connectivity index (χ0n) is 12.9. The first-order chi connectivity index (χ1) is 9.55. The van der Waals surface area contributed by atoms with E-state index in [4.69, 9.17) is 5.11 Å². The Morgan fingerprint density at radius 1 is 1.24 bits per heavy atom. The van der Waals surface area contributed by atoms with Crippen molar-refractivity contribution in [3.05, 3.63) is 12.2 Å². The molecule has 1 saturated carbocycles. The molecule has 2 aliphatic rings. The average molecular weight is 298 g/mol. The van der Waals surface area contributed by atoms with Crippen molar-refractivity contribution in [2.75, 3.05) is 6.61 Å². The number of carbonyl (C=O) groups is 1. The van der Waals surface area contributed by atoms with E-state index in [0.717, 1.165) is 0 Å². The van der Waals surface area contributed by atoms with Gasteiger partial charge in [-0.2, -0.15) is 0 Å². The second-order valence-electron chi connectivity index (χ2n) is 7.27. The van der Waals surface area contributed by atoms with Gasteiger partial charge in [0.05, 0.1) is 22.7 Å². The monoisotopic (exact) mass is 298 g/mol. The van der Waals surface area contributed by atoms with Gasteiger partial charge in [-0.15, -0.1) is 0 Å². The average Bonchev–Trinajstić information content (AvgIpc) is 2.32. The van der Waals surface area contributed by atoms with Gasteiger partial charge in [-0.25, -0.2) is 0 Å². The third-order valence-corrected chi connectivity index (χ3v) is 5.50. The Bertz CT molecular complexity index is 454. The highest BCUT2D eigenvalue weighted by Gasteiger charge is 2.60. The standard InChI is InChI=1S/C16H26O5/c1-14(20)8-10-4-6-15(2,21)16(3,12(19)5-7-17)13(10)11(18)9-14/h4,6,10-11,13,17-18,20-21H,5,7-9H2,1-3H3/t10-,11+,13-,14-,15+,16-/m0/s1. The summed E-state index contributed by atoms with van der Waals surface area (Å²) in [6, 6.07) is 0. The highest BCUT2D eigenvalue weighted by Crippen LogP contribution is 2.54. The number of aliphatic hydroxyl groups is 4. The summed E-state index contributed by atoms with van der Waals surface area (Å²) in [6.45, 7) is 4.63. The number of ketones is 1. The first-order valence-electron chi connectivity index (χ1n) is 7.51. The summed E-state index contributed by atoms with van der Waals surface area (Å²) >= 11 is 0. The Kier molecular flexibility index (Phi) is 4.08. The predicted molar refractivity (Wildman–Crippen MR) is 77.4 cm³/mol. The minimum absolute atomic E-state index is 0.0488. The molecule has 0 saturated heterocycles. The number of hydrogen-bond donors (Lipinski definition) is 4. The van der Waals surface area contributed by atoms with Crippen molar-refractivity contribution in [2.45, 2.75) is 57.3 Å². The Morgan fingerprint density at radius 3 is 2.43 bits per heavy atom. The summed E-state index contributed by atoms with van der Waals surface area (Å²) in [6.07, 6.45) is 3.10. The molecular weight excluding hydrogens is 272 g/mol. The summed E-state index contributed by atoms with van der Waals surface area (Å²) in [5.74, 6) is -0.886. The zero-order chi connectivity index (χ0) is 16.1. The van der Waals surface area contributed by atoms with Crippen molar-refractivity contribution in [1.82, 2.24) is 0 Å². The second kappa shape index (κ2) is 5.16. The zero-order valence-corrected chi connectivity index (χ0v) is 12.9. The van der Waals surface area contributed by atoms with Crippen LogP contribution in [0, 0.1) is 17.3 Å². The lowest BCUT2D eigenvalue weighted by Gasteiger charge is -2.56. The van der Waals surface area contributed by atoms with Crippen molar-refractivity contribution in [3.8, 4) is 0 Å². The molecule has 0 aromatic heterocycles. The summed E-state index contributed by atoms with van der Waals surface area (Å²) in [7, 11) is 0. The van der Waals surface area contributed by atoms with Gasteiger partial charge in [-0.05, 0) is 33.1 Å². The Labute approximate surface area is 125 Å². The van der Waals surface area contributed by atoms with E-state index in [9.17, 15) is 20.1 Å². The summed E-state index contributed by atoms with van der Waals surface area (Å²) in [5, 5.41) is 40.5. The van der Waals surface area contributed by atoms with Crippen molar-refractivity contribution >= 4 is 5.78 Å². The van der Waals surface area contributed by atoms with Gasteiger partial charge in [0.15, 0.2) is 0 Å². The molecule has 5 heteroatoms. The topological polar surface area (TPSA) is 98.0 Å². The molecule has 0 unspecified atom stereocenters. The van der Waals surface area contributed by atoms with E-state index in [0.29, 0.717) is 6.42 Å². The first-order valence-corrected chi connectivity index (χ1v) is 7.51. The molecule has 0 amide bonds. The van der Waals surface area contributed by atoms with E-state index < -0.39 is 28.6 Å². The summed E-state index contributed by atoms with van der Waals surface area (Å²) < 4.78 is 0. The highest BCUT2D eigenvalue weighted by molar-refractivity contribution is 5.87. The SMILES string of the molecule is C[C@@]1(O)C[C@@H](O)[C@@H]2[C@@H](C=C[C@@](C)(O)[C@@]2(C)C(=O)CCO)C1.